The van der Waals surface area contributed by atoms with Crippen molar-refractivity contribution in [1.82, 2.24) is 6.15 Å². The molecule has 0 radical (unpaired) electrons. The molecule has 0 aromatic rings. The van der Waals surface area contributed by atoms with E-state index in [0.717, 1.165) is 7.11 Å². The van der Waals surface area contributed by atoms with Gasteiger partial charge in [-0.15, -0.1) is 0 Å². The molecule has 4 N–H and O–H groups in total. The number of hydrogen-bond donors (Lipinski definition) is 2. The standard InChI is InChI=1S/CH4O.F6P.H3N/c1-2;1-7(2,3,4,5)6;/h2H,1H3;;1H3/q;-1;/p+1. The van der Waals surface area contributed by atoms with Gasteiger partial charge >= 0.3 is 34.4 Å². The fourth-order valence-electron chi connectivity index (χ4n) is 0. The van der Waals surface area contributed by atoms with E-state index in [1.807, 2.05) is 0 Å². The largest absolute Gasteiger partial charge is 1.00 e. The molecule has 0 aromatic heterocycles. The monoisotopic (exact) mass is 195 g/mol. The Morgan fingerprint density at radius 3 is 0.900 bits per heavy atom. The van der Waals surface area contributed by atoms with E-state index in [1.165, 1.54) is 0 Å². The molecular formula is CH8F6NOP. The van der Waals surface area contributed by atoms with Gasteiger partial charge in [-0.2, -0.15) is 0 Å². The average Bonchev–Trinajstić information content (AvgIpc) is 1.30. The van der Waals surface area contributed by atoms with Gasteiger partial charge in [-0.3, -0.25) is 0 Å². The topological polar surface area (TPSA) is 55.2 Å². The molecule has 70 valence electrons. The van der Waals surface area contributed by atoms with Crippen LogP contribution in [0.4, 0.5) is 25.2 Å². The van der Waals surface area contributed by atoms with E-state index in [2.05, 4.69) is 0 Å². The second kappa shape index (κ2) is 2.52. The number of aliphatic hydroxyl groups excluding tert-OH is 1. The molecule has 0 saturated carbocycles. The third kappa shape index (κ3) is 77700. The summed E-state index contributed by atoms with van der Waals surface area (Å²) in [5.41, 5.74) is 0. The summed E-state index contributed by atoms with van der Waals surface area (Å²) < 4.78 is 59.2. The molecular weight excluding hydrogens is 187 g/mol. The van der Waals surface area contributed by atoms with E-state index >= 15 is 0 Å². The summed E-state index contributed by atoms with van der Waals surface area (Å²) in [6, 6.07) is 0. The van der Waals surface area contributed by atoms with E-state index in [9.17, 15) is 25.2 Å². The zero-order valence-corrected chi connectivity index (χ0v) is 5.76. The molecule has 0 aliphatic carbocycles. The van der Waals surface area contributed by atoms with Gasteiger partial charge in [0, 0.05) is 7.11 Å². The summed E-state index contributed by atoms with van der Waals surface area (Å²) in [5, 5.41) is 7.00. The summed E-state index contributed by atoms with van der Waals surface area (Å²) in [7, 11) is -9.66. The van der Waals surface area contributed by atoms with E-state index < -0.39 is 7.81 Å². The Morgan fingerprint density at radius 1 is 0.900 bits per heavy atom. The zero-order chi connectivity index (χ0) is 8.41. The molecule has 0 spiro atoms. The molecule has 0 rings (SSSR count). The maximum Gasteiger partial charge on any atom is 1.00 e. The predicted molar refractivity (Wildman–Crippen MR) is 27.8 cm³/mol. The van der Waals surface area contributed by atoms with Gasteiger partial charge in [-0.05, 0) is 0 Å². The normalized spacial score (nSPS) is 16.8. The fraction of sp³-hybridized carbons (Fsp3) is 1.00. The van der Waals surface area contributed by atoms with Crippen LogP contribution in [0.1, 0.15) is 1.43 Å². The number of hydrogen-bond acceptors (Lipinski definition) is 2. The Bertz CT molecular complexity index is 81.1. The van der Waals surface area contributed by atoms with Gasteiger partial charge < -0.3 is 11.3 Å². The summed E-state index contributed by atoms with van der Waals surface area (Å²) in [4.78, 5) is 0. The minimum atomic E-state index is -10.7. The van der Waals surface area contributed by atoms with Crippen molar-refractivity contribution in [2.24, 2.45) is 0 Å². The minimum absolute atomic E-state index is 0. The summed E-state index contributed by atoms with van der Waals surface area (Å²) in [6.07, 6.45) is 0. The molecule has 0 heterocycles. The first-order valence-electron chi connectivity index (χ1n) is 1.46. The Morgan fingerprint density at radius 2 is 0.900 bits per heavy atom. The third-order valence-corrected chi connectivity index (χ3v) is 0. The van der Waals surface area contributed by atoms with Crippen molar-refractivity contribution >= 4 is 7.81 Å². The van der Waals surface area contributed by atoms with Gasteiger partial charge in [0.1, 0.15) is 0 Å². The van der Waals surface area contributed by atoms with Crippen LogP contribution in [0.2, 0.25) is 0 Å². The molecule has 0 aliphatic heterocycles. The van der Waals surface area contributed by atoms with Crippen LogP contribution in [0.3, 0.4) is 0 Å². The maximum atomic E-state index is 9.87. The first-order chi connectivity index (χ1) is 3.45. The smallest absolute Gasteiger partial charge is 0.344 e. The summed E-state index contributed by atoms with van der Waals surface area (Å²) >= 11 is 0. The Kier molecular flexibility index (Phi) is 4.15. The number of rotatable bonds is 0. The molecule has 2 nitrogen and oxygen atoms in total. The van der Waals surface area contributed by atoms with E-state index in [0.29, 0.717) is 0 Å². The van der Waals surface area contributed by atoms with Gasteiger partial charge in [0.05, 0.1) is 0 Å². The van der Waals surface area contributed by atoms with E-state index in [1.54, 1.807) is 0 Å². The molecule has 0 saturated heterocycles. The van der Waals surface area contributed by atoms with Crippen LogP contribution in [0.15, 0.2) is 0 Å². The molecule has 0 aromatic carbocycles. The Hall–Kier alpha value is -0.0700. The second-order valence-corrected chi connectivity index (χ2v) is 2.87. The zero-order valence-electron chi connectivity index (χ0n) is 5.87. The first kappa shape index (κ1) is 16.5. The molecule has 0 amide bonds. The van der Waals surface area contributed by atoms with Gasteiger partial charge in [-0.25, -0.2) is 0 Å². The van der Waals surface area contributed by atoms with Crippen molar-refractivity contribution in [3.63, 3.8) is 0 Å². The molecule has 0 atom stereocenters. The van der Waals surface area contributed by atoms with Crippen LogP contribution < -0.4 is 6.15 Å². The maximum absolute atomic E-state index is 10.7. The molecule has 9 heteroatoms. The van der Waals surface area contributed by atoms with Crippen molar-refractivity contribution in [3.8, 4) is 0 Å². The van der Waals surface area contributed by atoms with Gasteiger partial charge in [0.15, 0.2) is 0 Å². The van der Waals surface area contributed by atoms with Crippen molar-refractivity contribution in [2.45, 2.75) is 0 Å². The molecule has 0 unspecified atom stereocenters. The van der Waals surface area contributed by atoms with Gasteiger partial charge in [0.2, 0.25) is 0 Å². The Labute approximate surface area is 54.1 Å². The fourth-order valence-corrected chi connectivity index (χ4v) is 0. The minimum Gasteiger partial charge on any atom is -0.344 e. The SMILES string of the molecule is CO.F[P-](F)(F)(F)(F)F.N.[H+]. The first-order valence-corrected chi connectivity index (χ1v) is 3.49. The van der Waals surface area contributed by atoms with Gasteiger partial charge in [0.25, 0.3) is 0 Å². The quantitative estimate of drug-likeness (QED) is 0.460. The van der Waals surface area contributed by atoms with Crippen molar-refractivity contribution < 1.29 is 31.7 Å². The second-order valence-electron chi connectivity index (χ2n) is 0.958. The molecule has 0 bridgehead atoms. The van der Waals surface area contributed by atoms with Crippen molar-refractivity contribution in [1.29, 1.82) is 0 Å². The molecule has 10 heavy (non-hydrogen) atoms. The summed E-state index contributed by atoms with van der Waals surface area (Å²) in [6.45, 7) is 0. The van der Waals surface area contributed by atoms with Crippen LogP contribution >= 0.6 is 7.81 Å². The molecule has 0 aliphatic rings. The number of halogens is 6. The average molecular weight is 195 g/mol. The summed E-state index contributed by atoms with van der Waals surface area (Å²) in [5.74, 6) is 0. The Balaban J connectivity index is -0.0000000564. The van der Waals surface area contributed by atoms with Crippen LogP contribution in [0.5, 0.6) is 0 Å². The van der Waals surface area contributed by atoms with Crippen molar-refractivity contribution in [2.75, 3.05) is 7.11 Å². The predicted octanol–water partition coefficient (Wildman–Crippen LogP) is 3.27. The van der Waals surface area contributed by atoms with Crippen LogP contribution in [0.25, 0.3) is 0 Å². The van der Waals surface area contributed by atoms with Crippen LogP contribution in [0, 0.1) is 0 Å². The van der Waals surface area contributed by atoms with E-state index in [-0.39, 0.29) is 7.58 Å². The number of aliphatic hydroxyl groups is 1. The van der Waals surface area contributed by atoms with E-state index in [4.69, 9.17) is 5.11 Å². The van der Waals surface area contributed by atoms with Crippen LogP contribution in [-0.2, 0) is 0 Å². The third-order valence-electron chi connectivity index (χ3n) is 0. The molecule has 0 fully saturated rings. The van der Waals surface area contributed by atoms with Crippen LogP contribution in [-0.4, -0.2) is 12.2 Å². The van der Waals surface area contributed by atoms with Gasteiger partial charge in [-0.1, -0.05) is 0 Å². The van der Waals surface area contributed by atoms with Crippen molar-refractivity contribution in [3.05, 3.63) is 0 Å².